The Bertz CT molecular complexity index is 893. The highest BCUT2D eigenvalue weighted by Gasteiger charge is 2.50. The Kier molecular flexibility index (Phi) is 5.74. The second kappa shape index (κ2) is 7.80. The molecule has 1 aliphatic heterocycles. The number of rotatable bonds is 3. The number of halogens is 1. The second-order valence-electron chi connectivity index (χ2n) is 8.21. The van der Waals surface area contributed by atoms with Gasteiger partial charge >= 0.3 is 5.97 Å². The predicted octanol–water partition coefficient (Wildman–Crippen LogP) is 2.70. The fourth-order valence-electron chi connectivity index (χ4n) is 3.77. The summed E-state index contributed by atoms with van der Waals surface area (Å²) in [6.07, 6.45) is 0.741. The highest BCUT2D eigenvalue weighted by Crippen LogP contribution is 2.46. The van der Waals surface area contributed by atoms with Gasteiger partial charge in [0.15, 0.2) is 5.78 Å². The van der Waals surface area contributed by atoms with Crippen molar-refractivity contribution in [3.05, 3.63) is 39.9 Å². The number of carbonyl (C=O) groups excluding carboxylic acids is 3. The summed E-state index contributed by atoms with van der Waals surface area (Å²) in [5, 5.41) is 13.6. The van der Waals surface area contributed by atoms with Gasteiger partial charge in [0.25, 0.3) is 5.91 Å². The van der Waals surface area contributed by atoms with Crippen LogP contribution in [0, 0.1) is 0 Å². The van der Waals surface area contributed by atoms with Crippen molar-refractivity contribution in [2.75, 3.05) is 19.8 Å². The van der Waals surface area contributed by atoms with Crippen molar-refractivity contribution in [2.45, 2.75) is 44.6 Å². The van der Waals surface area contributed by atoms with Gasteiger partial charge in [0.2, 0.25) is 0 Å². The molecule has 0 saturated carbocycles. The zero-order valence-electron chi connectivity index (χ0n) is 16.6. The zero-order valence-corrected chi connectivity index (χ0v) is 17.4. The first-order valence-electron chi connectivity index (χ1n) is 9.41. The maximum absolute atomic E-state index is 13.4. The molecule has 1 fully saturated rings. The van der Waals surface area contributed by atoms with Crippen molar-refractivity contribution in [3.8, 4) is 0 Å². The Morgan fingerprint density at radius 2 is 1.93 bits per heavy atom. The van der Waals surface area contributed by atoms with Gasteiger partial charge in [-0.1, -0.05) is 11.6 Å². The predicted molar refractivity (Wildman–Crippen MR) is 107 cm³/mol. The third-order valence-electron chi connectivity index (χ3n) is 5.04. The first kappa shape index (κ1) is 21.3. The highest BCUT2D eigenvalue weighted by molar-refractivity contribution is 6.32. The van der Waals surface area contributed by atoms with Crippen LogP contribution in [0.5, 0.6) is 0 Å². The molecule has 29 heavy (non-hydrogen) atoms. The van der Waals surface area contributed by atoms with Gasteiger partial charge in [-0.25, -0.2) is 0 Å². The number of aliphatic hydroxyl groups excluding tert-OH is 1. The summed E-state index contributed by atoms with van der Waals surface area (Å²) in [5.74, 6) is -2.36. The molecule has 0 bridgehead atoms. The van der Waals surface area contributed by atoms with Crippen LogP contribution >= 0.6 is 11.6 Å². The quantitative estimate of drug-likeness (QED) is 0.574. The number of benzene rings is 1. The lowest BCUT2D eigenvalue weighted by atomic mass is 9.64. The van der Waals surface area contributed by atoms with Crippen molar-refractivity contribution in [1.29, 1.82) is 0 Å². The number of esters is 1. The van der Waals surface area contributed by atoms with E-state index in [0.717, 1.165) is 0 Å². The molecule has 1 saturated heterocycles. The number of amides is 1. The van der Waals surface area contributed by atoms with Gasteiger partial charge in [-0.05, 0) is 57.4 Å². The Labute approximate surface area is 174 Å². The molecule has 1 aromatic carbocycles. The second-order valence-corrected chi connectivity index (χ2v) is 8.64. The summed E-state index contributed by atoms with van der Waals surface area (Å²) in [5.41, 5.74) is -1.07. The van der Waals surface area contributed by atoms with Gasteiger partial charge in [0.05, 0.1) is 5.41 Å². The van der Waals surface area contributed by atoms with Crippen LogP contribution < -0.4 is 5.32 Å². The number of carbonyl (C=O) groups is 3. The third kappa shape index (κ3) is 4.16. The van der Waals surface area contributed by atoms with E-state index in [-0.39, 0.29) is 5.57 Å². The maximum Gasteiger partial charge on any atom is 0.325 e. The smallest absolute Gasteiger partial charge is 0.325 e. The standard InChI is InChI=1S/C21H24ClNO6/c1-20(2,3)29-15(24)11-23-19(27)16-17(25)13-5-4-12(22)10-14(13)21(18(16)26)6-8-28-9-7-21/h4-5,10,25H,6-9,11H2,1-3H3,(H,23,27). The summed E-state index contributed by atoms with van der Waals surface area (Å²) >= 11 is 6.14. The average molecular weight is 422 g/mol. The Morgan fingerprint density at radius 1 is 1.28 bits per heavy atom. The van der Waals surface area contributed by atoms with Gasteiger partial charge in [-0.3, -0.25) is 14.4 Å². The van der Waals surface area contributed by atoms with E-state index in [1.807, 2.05) is 0 Å². The molecule has 1 heterocycles. The number of fused-ring (bicyclic) bond motifs is 2. The van der Waals surface area contributed by atoms with Crippen molar-refractivity contribution < 1.29 is 29.0 Å². The summed E-state index contributed by atoms with van der Waals surface area (Å²) in [6.45, 7) is 5.42. The van der Waals surface area contributed by atoms with Crippen LogP contribution in [-0.2, 0) is 29.3 Å². The lowest BCUT2D eigenvalue weighted by Crippen LogP contribution is -2.48. The van der Waals surface area contributed by atoms with E-state index in [1.54, 1.807) is 39.0 Å². The topological polar surface area (TPSA) is 102 Å². The number of hydrogen-bond donors (Lipinski definition) is 2. The summed E-state index contributed by atoms with van der Waals surface area (Å²) in [7, 11) is 0. The van der Waals surface area contributed by atoms with E-state index < -0.39 is 41.0 Å². The summed E-state index contributed by atoms with van der Waals surface area (Å²) in [6, 6.07) is 4.85. The largest absolute Gasteiger partial charge is 0.506 e. The number of aliphatic hydroxyl groups is 1. The van der Waals surface area contributed by atoms with Crippen molar-refractivity contribution in [3.63, 3.8) is 0 Å². The Hall–Kier alpha value is -2.38. The molecule has 0 unspecified atom stereocenters. The minimum Gasteiger partial charge on any atom is -0.506 e. The molecule has 1 amide bonds. The van der Waals surface area contributed by atoms with E-state index in [2.05, 4.69) is 5.32 Å². The zero-order chi connectivity index (χ0) is 21.4. The molecule has 1 aliphatic carbocycles. The fraction of sp³-hybridized carbons (Fsp3) is 0.476. The first-order chi connectivity index (χ1) is 13.5. The third-order valence-corrected chi connectivity index (χ3v) is 5.27. The van der Waals surface area contributed by atoms with E-state index in [0.29, 0.717) is 42.2 Å². The molecule has 2 aliphatic rings. The molecule has 7 nitrogen and oxygen atoms in total. The van der Waals surface area contributed by atoms with Crippen molar-refractivity contribution in [1.82, 2.24) is 5.32 Å². The molecule has 2 N–H and O–H groups in total. The molecule has 8 heteroatoms. The lowest BCUT2D eigenvalue weighted by Gasteiger charge is -2.40. The number of hydrogen-bond acceptors (Lipinski definition) is 6. The van der Waals surface area contributed by atoms with Crippen molar-refractivity contribution in [2.24, 2.45) is 0 Å². The van der Waals surface area contributed by atoms with Gasteiger partial charge in [0, 0.05) is 23.8 Å². The highest BCUT2D eigenvalue weighted by atomic mass is 35.5. The van der Waals surface area contributed by atoms with E-state index >= 15 is 0 Å². The Balaban J connectivity index is 1.94. The van der Waals surface area contributed by atoms with Crippen LogP contribution in [0.2, 0.25) is 5.02 Å². The molecule has 1 spiro atoms. The van der Waals surface area contributed by atoms with E-state index in [4.69, 9.17) is 21.1 Å². The summed E-state index contributed by atoms with van der Waals surface area (Å²) < 4.78 is 10.6. The maximum atomic E-state index is 13.4. The van der Waals surface area contributed by atoms with Gasteiger partial charge < -0.3 is 19.9 Å². The molecule has 0 atom stereocenters. The van der Waals surface area contributed by atoms with Gasteiger partial charge in [0.1, 0.15) is 23.5 Å². The fourth-order valence-corrected chi connectivity index (χ4v) is 3.94. The molecule has 3 rings (SSSR count). The van der Waals surface area contributed by atoms with Crippen LogP contribution in [0.4, 0.5) is 0 Å². The molecule has 1 aromatic rings. The number of ketones is 1. The molecule has 0 radical (unpaired) electrons. The molecule has 0 aromatic heterocycles. The lowest BCUT2D eigenvalue weighted by molar-refractivity contribution is -0.154. The Morgan fingerprint density at radius 3 is 2.55 bits per heavy atom. The van der Waals surface area contributed by atoms with E-state index in [9.17, 15) is 19.5 Å². The van der Waals surface area contributed by atoms with Crippen LogP contribution in [0.15, 0.2) is 23.8 Å². The first-order valence-corrected chi connectivity index (χ1v) is 9.79. The van der Waals surface area contributed by atoms with Crippen LogP contribution in [0.25, 0.3) is 5.76 Å². The molecular weight excluding hydrogens is 398 g/mol. The van der Waals surface area contributed by atoms with Gasteiger partial charge in [-0.2, -0.15) is 0 Å². The number of Topliss-reactive ketones (excluding diaryl/α,β-unsaturated/α-hetero) is 1. The SMILES string of the molecule is CC(C)(C)OC(=O)CNC(=O)C1=C(O)c2ccc(Cl)cc2C2(CCOCC2)C1=O. The summed E-state index contributed by atoms with van der Waals surface area (Å²) in [4.78, 5) is 38.1. The van der Waals surface area contributed by atoms with E-state index in [1.165, 1.54) is 0 Å². The average Bonchev–Trinajstić information content (AvgIpc) is 2.64. The molecular formula is C21H24ClNO6. The van der Waals surface area contributed by atoms with Crippen LogP contribution in [-0.4, -0.2) is 48.1 Å². The van der Waals surface area contributed by atoms with Crippen LogP contribution in [0.3, 0.4) is 0 Å². The van der Waals surface area contributed by atoms with Crippen LogP contribution in [0.1, 0.15) is 44.7 Å². The van der Waals surface area contributed by atoms with Gasteiger partial charge in [-0.15, -0.1) is 0 Å². The molecule has 156 valence electrons. The minimum atomic E-state index is -0.997. The number of ether oxygens (including phenoxy) is 2. The van der Waals surface area contributed by atoms with Crippen molar-refractivity contribution >= 4 is 35.0 Å². The minimum absolute atomic E-state index is 0.352. The number of nitrogens with one attached hydrogen (secondary N) is 1. The normalized spacial score (nSPS) is 18.4. The monoisotopic (exact) mass is 421 g/mol.